The Kier molecular flexibility index (Phi) is 5.64. The van der Waals surface area contributed by atoms with Crippen LogP contribution in [-0.2, 0) is 0 Å². The van der Waals surface area contributed by atoms with Crippen LogP contribution < -0.4 is 0 Å². The lowest BCUT2D eigenvalue weighted by atomic mass is 10.4. The zero-order chi connectivity index (χ0) is 6.95. The summed E-state index contributed by atoms with van der Waals surface area (Å²) in [5.41, 5.74) is 0. The Bertz CT molecular complexity index is 211. The van der Waals surface area contributed by atoms with Gasteiger partial charge in [0.2, 0.25) is 0 Å². The highest BCUT2D eigenvalue weighted by atomic mass is 16.2. The van der Waals surface area contributed by atoms with Crippen LogP contribution in [0.2, 0.25) is 0 Å². The highest BCUT2D eigenvalue weighted by molar-refractivity contribution is 5.33. The fourth-order valence-corrected chi connectivity index (χ4v) is 0.230. The van der Waals surface area contributed by atoms with Crippen LogP contribution in [0.4, 0.5) is 0 Å². The molecule has 0 aliphatic rings. The van der Waals surface area contributed by atoms with Gasteiger partial charge in [0, 0.05) is 6.42 Å². The third-order valence-corrected chi connectivity index (χ3v) is 0.522. The minimum atomic E-state index is 0.0741. The second kappa shape index (κ2) is 6.64. The van der Waals surface area contributed by atoms with E-state index in [4.69, 9.17) is 11.5 Å². The molecule has 0 spiro atoms. The van der Waals surface area contributed by atoms with Crippen molar-refractivity contribution < 1.29 is 5.11 Å². The molecule has 1 N–H and O–H groups in total. The predicted octanol–water partition coefficient (Wildman–Crippen LogP) is 0.00880. The molecule has 9 heavy (non-hydrogen) atoms. The van der Waals surface area contributed by atoms with Crippen molar-refractivity contribution >= 4 is 0 Å². The molecule has 44 valence electrons. The molecule has 0 rings (SSSR count). The molecule has 0 radical (unpaired) electrons. The molecular formula is C8H6O. The van der Waals surface area contributed by atoms with Gasteiger partial charge in [0.1, 0.15) is 0 Å². The summed E-state index contributed by atoms with van der Waals surface area (Å²) in [5.74, 6) is 11.9. The van der Waals surface area contributed by atoms with Gasteiger partial charge >= 0.3 is 0 Å². The summed E-state index contributed by atoms with van der Waals surface area (Å²) < 4.78 is 0. The maximum absolute atomic E-state index is 8.23. The second-order valence-electron chi connectivity index (χ2n) is 1.17. The van der Waals surface area contributed by atoms with Gasteiger partial charge in [-0.15, -0.1) is 6.42 Å². The second-order valence-corrected chi connectivity index (χ2v) is 1.17. The zero-order valence-electron chi connectivity index (χ0n) is 4.94. The molecule has 0 atom stereocenters. The Morgan fingerprint density at radius 1 is 1.22 bits per heavy atom. The first-order chi connectivity index (χ1) is 4.41. The van der Waals surface area contributed by atoms with Crippen molar-refractivity contribution in [3.05, 3.63) is 0 Å². The van der Waals surface area contributed by atoms with Gasteiger partial charge in [-0.1, -0.05) is 5.92 Å². The van der Waals surface area contributed by atoms with Crippen LogP contribution in [0.25, 0.3) is 0 Å². The summed E-state index contributed by atoms with van der Waals surface area (Å²) in [7, 11) is 0. The lowest BCUT2D eigenvalue weighted by molar-refractivity contribution is 0.305. The Hall–Kier alpha value is -1.36. The van der Waals surface area contributed by atoms with E-state index >= 15 is 0 Å². The topological polar surface area (TPSA) is 20.2 Å². The van der Waals surface area contributed by atoms with E-state index in [0.717, 1.165) is 0 Å². The fraction of sp³-hybridized carbons (Fsp3) is 0.250. The van der Waals surface area contributed by atoms with Gasteiger partial charge in [-0.05, 0) is 23.7 Å². The van der Waals surface area contributed by atoms with E-state index in [1.165, 1.54) is 0 Å². The average molecular weight is 118 g/mol. The van der Waals surface area contributed by atoms with Gasteiger partial charge in [0.25, 0.3) is 0 Å². The van der Waals surface area contributed by atoms with Crippen LogP contribution >= 0.6 is 0 Å². The van der Waals surface area contributed by atoms with Crippen LogP contribution in [0.5, 0.6) is 0 Å². The normalized spacial score (nSPS) is 5.33. The number of hydrogen-bond acceptors (Lipinski definition) is 1. The quantitative estimate of drug-likeness (QED) is 0.481. The number of aliphatic hydroxyl groups is 1. The summed E-state index contributed by atoms with van der Waals surface area (Å²) in [5, 5.41) is 8.23. The number of aliphatic hydroxyl groups excluding tert-OH is 1. The fourth-order valence-electron chi connectivity index (χ4n) is 0.230. The summed E-state index contributed by atoms with van der Waals surface area (Å²) in [6.45, 7) is 0.0741. The van der Waals surface area contributed by atoms with Crippen molar-refractivity contribution in [1.82, 2.24) is 0 Å². The molecular weight excluding hydrogens is 112 g/mol. The maximum Gasteiger partial charge on any atom is 0.0540 e. The standard InChI is InChI=1S/C8H6O/c1-2-3-4-5-6-7-8-9/h1,9H,7-8H2. The van der Waals surface area contributed by atoms with E-state index in [1.54, 1.807) is 0 Å². The Balaban J connectivity index is 3.52. The minimum Gasteiger partial charge on any atom is -0.395 e. The molecule has 0 aliphatic heterocycles. The van der Waals surface area contributed by atoms with Crippen molar-refractivity contribution in [2.24, 2.45) is 0 Å². The largest absolute Gasteiger partial charge is 0.395 e. The molecule has 0 heterocycles. The van der Waals surface area contributed by atoms with E-state index < -0.39 is 0 Å². The lowest BCUT2D eigenvalue weighted by Gasteiger charge is -1.72. The van der Waals surface area contributed by atoms with Crippen LogP contribution in [0.3, 0.4) is 0 Å². The van der Waals surface area contributed by atoms with Gasteiger partial charge in [-0.3, -0.25) is 0 Å². The molecule has 0 aromatic heterocycles. The third kappa shape index (κ3) is 6.64. The Morgan fingerprint density at radius 2 is 2.00 bits per heavy atom. The molecule has 0 fully saturated rings. The first kappa shape index (κ1) is 7.64. The number of rotatable bonds is 1. The van der Waals surface area contributed by atoms with Crippen LogP contribution in [0.1, 0.15) is 6.42 Å². The molecule has 0 amide bonds. The van der Waals surface area contributed by atoms with E-state index in [2.05, 4.69) is 29.6 Å². The molecule has 0 unspecified atom stereocenters. The van der Waals surface area contributed by atoms with Crippen molar-refractivity contribution in [2.75, 3.05) is 6.61 Å². The van der Waals surface area contributed by atoms with Crippen molar-refractivity contribution in [1.29, 1.82) is 0 Å². The molecule has 0 saturated heterocycles. The van der Waals surface area contributed by atoms with E-state index in [9.17, 15) is 0 Å². The smallest absolute Gasteiger partial charge is 0.0540 e. The molecule has 0 aliphatic carbocycles. The zero-order valence-corrected chi connectivity index (χ0v) is 4.94. The van der Waals surface area contributed by atoms with Crippen molar-refractivity contribution in [2.45, 2.75) is 6.42 Å². The SMILES string of the molecule is C#CC#CC#CCCO. The Morgan fingerprint density at radius 3 is 2.56 bits per heavy atom. The average Bonchev–Trinajstić information content (AvgIpc) is 1.89. The minimum absolute atomic E-state index is 0.0741. The summed E-state index contributed by atoms with van der Waals surface area (Å²) in [6, 6.07) is 0. The molecule has 1 nitrogen and oxygen atoms in total. The molecule has 0 saturated carbocycles. The van der Waals surface area contributed by atoms with Crippen LogP contribution in [0.15, 0.2) is 0 Å². The molecule has 0 bridgehead atoms. The molecule has 1 heteroatoms. The molecule has 0 aromatic rings. The van der Waals surface area contributed by atoms with Gasteiger partial charge < -0.3 is 5.11 Å². The summed E-state index contributed by atoms with van der Waals surface area (Å²) >= 11 is 0. The first-order valence-corrected chi connectivity index (χ1v) is 2.46. The van der Waals surface area contributed by atoms with Gasteiger partial charge in [0.05, 0.1) is 6.61 Å². The predicted molar refractivity (Wildman–Crippen MR) is 36.1 cm³/mol. The Labute approximate surface area is 55.1 Å². The van der Waals surface area contributed by atoms with Gasteiger partial charge in [-0.25, -0.2) is 0 Å². The lowest BCUT2D eigenvalue weighted by Crippen LogP contribution is -1.74. The first-order valence-electron chi connectivity index (χ1n) is 2.46. The van der Waals surface area contributed by atoms with Crippen molar-refractivity contribution in [3.8, 4) is 36.0 Å². The summed E-state index contributed by atoms with van der Waals surface area (Å²) in [6.07, 6.45) is 5.26. The maximum atomic E-state index is 8.23. The van der Waals surface area contributed by atoms with E-state index in [-0.39, 0.29) is 6.61 Å². The van der Waals surface area contributed by atoms with Gasteiger partial charge in [-0.2, -0.15) is 0 Å². The highest BCUT2D eigenvalue weighted by Crippen LogP contribution is 1.66. The van der Waals surface area contributed by atoms with E-state index in [1.807, 2.05) is 0 Å². The monoisotopic (exact) mass is 118 g/mol. The number of terminal acetylenes is 1. The summed E-state index contributed by atoms with van der Waals surface area (Å²) in [4.78, 5) is 0. The van der Waals surface area contributed by atoms with Crippen LogP contribution in [0, 0.1) is 36.0 Å². The van der Waals surface area contributed by atoms with Crippen molar-refractivity contribution in [3.63, 3.8) is 0 Å². The van der Waals surface area contributed by atoms with E-state index in [0.29, 0.717) is 6.42 Å². The highest BCUT2D eigenvalue weighted by Gasteiger charge is 1.66. The molecule has 0 aromatic carbocycles. The van der Waals surface area contributed by atoms with Gasteiger partial charge in [0.15, 0.2) is 0 Å². The van der Waals surface area contributed by atoms with Crippen LogP contribution in [-0.4, -0.2) is 11.7 Å². The number of hydrogen-bond donors (Lipinski definition) is 1. The third-order valence-electron chi connectivity index (χ3n) is 0.522.